The van der Waals surface area contributed by atoms with Crippen molar-refractivity contribution < 1.29 is 14.6 Å². The van der Waals surface area contributed by atoms with Crippen LogP contribution in [0.3, 0.4) is 0 Å². The first-order valence-electron chi connectivity index (χ1n) is 8.17. The second kappa shape index (κ2) is 6.19. The Labute approximate surface area is 142 Å². The van der Waals surface area contributed by atoms with Gasteiger partial charge < -0.3 is 14.7 Å². The number of fused-ring (bicyclic) bond motifs is 1. The highest BCUT2D eigenvalue weighted by Crippen LogP contribution is 2.40. The van der Waals surface area contributed by atoms with Crippen molar-refractivity contribution in [3.63, 3.8) is 0 Å². The van der Waals surface area contributed by atoms with E-state index in [9.17, 15) is 9.90 Å². The lowest BCUT2D eigenvalue weighted by atomic mass is 9.86. The molecule has 2 aromatic rings. The molecule has 2 aromatic carbocycles. The predicted molar refractivity (Wildman–Crippen MR) is 94.8 cm³/mol. The number of aliphatic carboxylic acids is 1. The molecule has 24 heavy (non-hydrogen) atoms. The van der Waals surface area contributed by atoms with E-state index in [0.29, 0.717) is 6.54 Å². The Balaban J connectivity index is 1.99. The zero-order chi connectivity index (χ0) is 17.3. The summed E-state index contributed by atoms with van der Waals surface area (Å²) in [6.45, 7) is 6.93. The molecular formula is C20H23NO3. The van der Waals surface area contributed by atoms with Crippen LogP contribution >= 0.6 is 0 Å². The van der Waals surface area contributed by atoms with Gasteiger partial charge in [-0.15, -0.1) is 0 Å². The highest BCUT2D eigenvalue weighted by molar-refractivity contribution is 5.76. The summed E-state index contributed by atoms with van der Waals surface area (Å²) >= 11 is 0. The molecule has 1 atom stereocenters. The fourth-order valence-corrected chi connectivity index (χ4v) is 2.97. The van der Waals surface area contributed by atoms with E-state index in [0.717, 1.165) is 17.0 Å². The Bertz CT molecular complexity index is 734. The number of anilines is 1. The van der Waals surface area contributed by atoms with Crippen LogP contribution in [0.1, 0.15) is 38.0 Å². The molecule has 3 rings (SSSR count). The Hall–Kier alpha value is -2.49. The van der Waals surface area contributed by atoms with Crippen molar-refractivity contribution in [2.24, 2.45) is 0 Å². The second-order valence-corrected chi connectivity index (χ2v) is 7.22. The number of carboxylic acid groups (broad SMARTS) is 1. The monoisotopic (exact) mass is 325 g/mol. The number of hydrogen-bond acceptors (Lipinski definition) is 3. The van der Waals surface area contributed by atoms with Gasteiger partial charge >= 0.3 is 5.97 Å². The third kappa shape index (κ3) is 3.37. The van der Waals surface area contributed by atoms with E-state index in [-0.39, 0.29) is 18.1 Å². The van der Waals surface area contributed by atoms with Gasteiger partial charge in [0.25, 0.3) is 0 Å². The molecule has 0 bridgehead atoms. The van der Waals surface area contributed by atoms with Crippen molar-refractivity contribution in [1.29, 1.82) is 0 Å². The van der Waals surface area contributed by atoms with Gasteiger partial charge in [-0.2, -0.15) is 0 Å². The molecule has 1 unspecified atom stereocenters. The van der Waals surface area contributed by atoms with Crippen molar-refractivity contribution in [3.8, 4) is 5.75 Å². The lowest BCUT2D eigenvalue weighted by Gasteiger charge is -2.36. The Morgan fingerprint density at radius 3 is 2.54 bits per heavy atom. The second-order valence-electron chi connectivity index (χ2n) is 7.22. The van der Waals surface area contributed by atoms with Crippen molar-refractivity contribution >= 4 is 11.7 Å². The normalized spacial score (nSPS) is 17.1. The van der Waals surface area contributed by atoms with Crippen LogP contribution < -0.4 is 9.64 Å². The van der Waals surface area contributed by atoms with Gasteiger partial charge in [0.2, 0.25) is 0 Å². The van der Waals surface area contributed by atoms with Crippen LogP contribution in [0.15, 0.2) is 48.5 Å². The molecule has 1 N–H and O–H groups in total. The molecule has 4 nitrogen and oxygen atoms in total. The molecule has 0 radical (unpaired) electrons. The van der Waals surface area contributed by atoms with Gasteiger partial charge in [-0.3, -0.25) is 4.79 Å². The number of hydrogen-bond donors (Lipinski definition) is 1. The molecule has 0 aliphatic carbocycles. The number of nitrogens with zero attached hydrogens (tertiary/aromatic N) is 1. The average Bonchev–Trinajstić information content (AvgIpc) is 2.53. The number of carbonyl (C=O) groups is 1. The fraction of sp³-hybridized carbons (Fsp3) is 0.350. The molecule has 1 heterocycles. The molecule has 1 aliphatic heterocycles. The van der Waals surface area contributed by atoms with Crippen LogP contribution in [0.25, 0.3) is 0 Å². The minimum Gasteiger partial charge on any atom is -0.482 e. The van der Waals surface area contributed by atoms with Crippen LogP contribution in [0.5, 0.6) is 5.75 Å². The maximum absolute atomic E-state index is 11.3. The summed E-state index contributed by atoms with van der Waals surface area (Å²) in [5, 5.41) is 9.29. The lowest BCUT2D eigenvalue weighted by Crippen LogP contribution is -2.38. The van der Waals surface area contributed by atoms with Crippen LogP contribution in [0.4, 0.5) is 5.69 Å². The first-order chi connectivity index (χ1) is 11.3. The van der Waals surface area contributed by atoms with Crippen LogP contribution in [-0.4, -0.2) is 24.2 Å². The zero-order valence-electron chi connectivity index (χ0n) is 14.3. The maximum atomic E-state index is 11.3. The Morgan fingerprint density at radius 2 is 1.92 bits per heavy atom. The first-order valence-corrected chi connectivity index (χ1v) is 8.17. The van der Waals surface area contributed by atoms with E-state index in [1.807, 2.05) is 41.3 Å². The number of carboxylic acids is 1. The number of ether oxygens (including phenoxy) is 1. The summed E-state index contributed by atoms with van der Waals surface area (Å²) in [5.41, 5.74) is 3.08. The Morgan fingerprint density at radius 1 is 1.21 bits per heavy atom. The molecule has 0 fully saturated rings. The molecular weight excluding hydrogens is 302 g/mol. The third-order valence-electron chi connectivity index (χ3n) is 4.32. The molecule has 0 saturated carbocycles. The van der Waals surface area contributed by atoms with Crippen molar-refractivity contribution in [2.45, 2.75) is 32.3 Å². The van der Waals surface area contributed by atoms with E-state index in [1.54, 1.807) is 0 Å². The molecule has 0 aromatic heterocycles. The Kier molecular flexibility index (Phi) is 4.22. The number of rotatable bonds is 3. The summed E-state index contributed by atoms with van der Waals surface area (Å²) < 4.78 is 6.16. The molecule has 0 amide bonds. The molecule has 0 spiro atoms. The van der Waals surface area contributed by atoms with E-state index in [2.05, 4.69) is 32.9 Å². The topological polar surface area (TPSA) is 49.8 Å². The quantitative estimate of drug-likeness (QED) is 0.926. The van der Waals surface area contributed by atoms with Crippen molar-refractivity contribution in [3.05, 3.63) is 59.7 Å². The van der Waals surface area contributed by atoms with Crippen molar-refractivity contribution in [2.75, 3.05) is 18.0 Å². The van der Waals surface area contributed by atoms with Crippen LogP contribution in [0, 0.1) is 0 Å². The van der Waals surface area contributed by atoms with E-state index < -0.39 is 5.97 Å². The predicted octanol–water partition coefficient (Wildman–Crippen LogP) is 4.01. The van der Waals surface area contributed by atoms with E-state index in [1.165, 1.54) is 5.56 Å². The van der Waals surface area contributed by atoms with Crippen LogP contribution in [-0.2, 0) is 10.2 Å². The molecule has 0 saturated heterocycles. The minimum atomic E-state index is -0.837. The maximum Gasteiger partial charge on any atom is 0.323 e. The lowest BCUT2D eigenvalue weighted by molar-refractivity contribution is -0.135. The standard InChI is InChI=1S/C20H23NO3/c1-20(2,3)15-9-10-17-16(11-15)21(13-19(22)23)12-18(24-17)14-7-5-4-6-8-14/h4-11,18H,12-13H2,1-3H3,(H,22,23). The van der Waals surface area contributed by atoms with Crippen LogP contribution in [0.2, 0.25) is 0 Å². The van der Waals surface area contributed by atoms with Crippen molar-refractivity contribution in [1.82, 2.24) is 0 Å². The third-order valence-corrected chi connectivity index (χ3v) is 4.32. The SMILES string of the molecule is CC(C)(C)c1ccc2c(c1)N(CC(=O)O)CC(c1ccccc1)O2. The van der Waals surface area contributed by atoms with Gasteiger partial charge in [-0.05, 0) is 28.7 Å². The van der Waals surface area contributed by atoms with Gasteiger partial charge in [-0.1, -0.05) is 57.2 Å². The highest BCUT2D eigenvalue weighted by atomic mass is 16.5. The van der Waals surface area contributed by atoms with Gasteiger partial charge in [0, 0.05) is 0 Å². The first kappa shape index (κ1) is 16.4. The summed E-state index contributed by atoms with van der Waals surface area (Å²) in [4.78, 5) is 13.2. The number of benzene rings is 2. The average molecular weight is 325 g/mol. The van der Waals surface area contributed by atoms with Gasteiger partial charge in [0.15, 0.2) is 0 Å². The molecule has 126 valence electrons. The van der Waals surface area contributed by atoms with Gasteiger partial charge in [-0.25, -0.2) is 0 Å². The smallest absolute Gasteiger partial charge is 0.323 e. The van der Waals surface area contributed by atoms with E-state index in [4.69, 9.17) is 4.74 Å². The zero-order valence-corrected chi connectivity index (χ0v) is 14.3. The summed E-state index contributed by atoms with van der Waals surface area (Å²) in [6, 6.07) is 16.0. The van der Waals surface area contributed by atoms with E-state index >= 15 is 0 Å². The molecule has 4 heteroatoms. The highest BCUT2D eigenvalue weighted by Gasteiger charge is 2.29. The molecule has 1 aliphatic rings. The summed E-state index contributed by atoms with van der Waals surface area (Å²) in [7, 11) is 0. The van der Waals surface area contributed by atoms with Gasteiger partial charge in [0.1, 0.15) is 18.4 Å². The summed E-state index contributed by atoms with van der Waals surface area (Å²) in [5.74, 6) is -0.0971. The van der Waals surface area contributed by atoms with Gasteiger partial charge in [0.05, 0.1) is 12.2 Å². The summed E-state index contributed by atoms with van der Waals surface area (Å²) in [6.07, 6.45) is -0.168. The largest absolute Gasteiger partial charge is 0.482 e. The minimum absolute atomic E-state index is 0.000201. The fourth-order valence-electron chi connectivity index (χ4n) is 2.97.